The Bertz CT molecular complexity index is 2930. The first-order valence-electron chi connectivity index (χ1n) is 15.6. The number of rotatable bonds is 3. The summed E-state index contributed by atoms with van der Waals surface area (Å²) in [6, 6.07) is 51.7. The first kappa shape index (κ1) is 26.0. The molecule has 47 heavy (non-hydrogen) atoms. The van der Waals surface area contributed by atoms with E-state index in [1.54, 1.807) is 0 Å². The van der Waals surface area contributed by atoms with Crippen LogP contribution in [0.25, 0.3) is 86.4 Å². The summed E-state index contributed by atoms with van der Waals surface area (Å²) in [6.07, 6.45) is 1.88. The summed E-state index contributed by atoms with van der Waals surface area (Å²) in [7, 11) is 0. The smallest absolute Gasteiger partial charge is 0.145 e. The molecule has 0 amide bonds. The molecule has 0 saturated heterocycles. The lowest BCUT2D eigenvalue weighted by Crippen LogP contribution is -1.96. The molecule has 10 aromatic rings. The predicted octanol–water partition coefficient (Wildman–Crippen LogP) is 11.2. The van der Waals surface area contributed by atoms with E-state index in [0.717, 1.165) is 60.9 Å². The van der Waals surface area contributed by atoms with E-state index in [9.17, 15) is 5.26 Å². The summed E-state index contributed by atoms with van der Waals surface area (Å²) < 4.78 is 7.19. The van der Waals surface area contributed by atoms with Crippen LogP contribution in [0, 0.1) is 11.3 Å². The zero-order valence-electron chi connectivity index (χ0n) is 25.1. The predicted molar refractivity (Wildman–Crippen MR) is 196 cm³/mol. The number of hydrogen-bond donors (Lipinski definition) is 0. The summed E-state index contributed by atoms with van der Waals surface area (Å²) in [4.78, 5) is 4.90. The number of fused-ring (bicyclic) bond motifs is 9. The number of aromatic nitrogens is 3. The zero-order chi connectivity index (χ0) is 31.1. The summed E-state index contributed by atoms with van der Waals surface area (Å²) >= 11 is 1.84. The minimum Gasteiger partial charge on any atom is -0.309 e. The van der Waals surface area contributed by atoms with Crippen LogP contribution >= 0.6 is 11.3 Å². The van der Waals surface area contributed by atoms with E-state index >= 15 is 0 Å². The van der Waals surface area contributed by atoms with Gasteiger partial charge in [-0.05, 0) is 90.0 Å². The van der Waals surface area contributed by atoms with E-state index in [1.165, 1.54) is 25.6 Å². The number of para-hydroxylation sites is 1. The molecule has 5 heteroatoms. The van der Waals surface area contributed by atoms with Gasteiger partial charge in [0.15, 0.2) is 0 Å². The van der Waals surface area contributed by atoms with Crippen LogP contribution in [0.3, 0.4) is 0 Å². The van der Waals surface area contributed by atoms with Gasteiger partial charge in [-0.2, -0.15) is 5.26 Å². The van der Waals surface area contributed by atoms with Crippen LogP contribution in [0.1, 0.15) is 5.56 Å². The molecule has 4 heterocycles. The van der Waals surface area contributed by atoms with Crippen LogP contribution < -0.4 is 0 Å². The third kappa shape index (κ3) is 3.83. The second kappa shape index (κ2) is 9.89. The molecule has 0 aliphatic rings. The van der Waals surface area contributed by atoms with E-state index in [-0.39, 0.29) is 0 Å². The minimum atomic E-state index is 0.665. The molecule has 0 N–H and O–H groups in total. The van der Waals surface area contributed by atoms with Gasteiger partial charge in [0.1, 0.15) is 5.65 Å². The van der Waals surface area contributed by atoms with Crippen molar-refractivity contribution in [1.29, 1.82) is 5.26 Å². The number of hydrogen-bond acceptors (Lipinski definition) is 3. The van der Waals surface area contributed by atoms with Gasteiger partial charge in [0.05, 0.1) is 28.2 Å². The minimum absolute atomic E-state index is 0.665. The highest BCUT2D eigenvalue weighted by Crippen LogP contribution is 2.41. The van der Waals surface area contributed by atoms with Gasteiger partial charge in [-0.1, -0.05) is 60.7 Å². The highest BCUT2D eigenvalue weighted by molar-refractivity contribution is 7.25. The van der Waals surface area contributed by atoms with Gasteiger partial charge >= 0.3 is 0 Å². The maximum Gasteiger partial charge on any atom is 0.145 e. The lowest BCUT2D eigenvalue weighted by molar-refractivity contribution is 1.14. The van der Waals surface area contributed by atoms with Gasteiger partial charge in [-0.3, -0.25) is 4.57 Å². The average molecular weight is 617 g/mol. The molecule has 0 unspecified atom stereocenters. The molecule has 4 nitrogen and oxygen atoms in total. The number of nitriles is 1. The molecule has 0 fully saturated rings. The number of pyridine rings is 1. The van der Waals surface area contributed by atoms with Gasteiger partial charge in [0, 0.05) is 59.3 Å². The maximum absolute atomic E-state index is 9.58. The van der Waals surface area contributed by atoms with E-state index in [4.69, 9.17) is 4.98 Å². The average Bonchev–Trinajstić information content (AvgIpc) is 3.77. The summed E-state index contributed by atoms with van der Waals surface area (Å²) in [6.45, 7) is 0. The number of nitrogens with zero attached hydrogens (tertiary/aromatic N) is 4. The van der Waals surface area contributed by atoms with Crippen LogP contribution in [0.4, 0.5) is 0 Å². The van der Waals surface area contributed by atoms with Crippen molar-refractivity contribution in [3.63, 3.8) is 0 Å². The Morgan fingerprint density at radius 1 is 0.489 bits per heavy atom. The molecular formula is C42H24N4S. The van der Waals surface area contributed by atoms with Crippen molar-refractivity contribution >= 4 is 75.3 Å². The van der Waals surface area contributed by atoms with Crippen LogP contribution in [0.5, 0.6) is 0 Å². The maximum atomic E-state index is 9.58. The van der Waals surface area contributed by atoms with E-state index < -0.39 is 0 Å². The molecular weight excluding hydrogens is 593 g/mol. The molecule has 0 saturated carbocycles. The van der Waals surface area contributed by atoms with Crippen molar-refractivity contribution in [3.05, 3.63) is 151 Å². The molecule has 4 aromatic heterocycles. The van der Waals surface area contributed by atoms with Gasteiger partial charge in [0.25, 0.3) is 0 Å². The Labute approximate surface area is 273 Å². The number of thiophene rings is 1. The van der Waals surface area contributed by atoms with Crippen LogP contribution in [0.15, 0.2) is 146 Å². The van der Waals surface area contributed by atoms with Crippen molar-refractivity contribution in [2.45, 2.75) is 0 Å². The third-order valence-electron chi connectivity index (χ3n) is 9.37. The quantitative estimate of drug-likeness (QED) is 0.198. The van der Waals surface area contributed by atoms with Crippen molar-refractivity contribution in [3.8, 4) is 28.6 Å². The van der Waals surface area contributed by atoms with E-state index in [0.29, 0.717) is 5.56 Å². The standard InChI is InChI=1S/C42H24N4S/c43-25-26-17-18-38-34(20-26)31-12-1-3-15-37(31)45(38)29-10-5-8-27(21-29)28-9-6-11-30(22-28)46-39-24-41-36(32-13-2-4-16-40(32)47-41)23-35(39)33-14-7-19-44-42(33)46/h1-24H. The van der Waals surface area contributed by atoms with Crippen molar-refractivity contribution in [1.82, 2.24) is 14.1 Å². The van der Waals surface area contributed by atoms with Crippen molar-refractivity contribution in [2.24, 2.45) is 0 Å². The van der Waals surface area contributed by atoms with Crippen LogP contribution in [0.2, 0.25) is 0 Å². The van der Waals surface area contributed by atoms with Crippen molar-refractivity contribution in [2.75, 3.05) is 0 Å². The molecule has 0 radical (unpaired) electrons. The Morgan fingerprint density at radius 2 is 1.19 bits per heavy atom. The SMILES string of the molecule is N#Cc1ccc2c(c1)c1ccccc1n2-c1cccc(-c2cccc(-n3c4cc5sc6ccccc6c5cc4c4cccnc43)c2)c1. The molecule has 0 atom stereocenters. The highest BCUT2D eigenvalue weighted by Gasteiger charge is 2.17. The fraction of sp³-hybridized carbons (Fsp3) is 0. The second-order valence-electron chi connectivity index (χ2n) is 12.0. The van der Waals surface area contributed by atoms with Crippen molar-refractivity contribution < 1.29 is 0 Å². The Hall–Kier alpha value is -6.22. The Morgan fingerprint density at radius 3 is 2.02 bits per heavy atom. The lowest BCUT2D eigenvalue weighted by Gasteiger charge is -2.12. The highest BCUT2D eigenvalue weighted by atomic mass is 32.1. The second-order valence-corrected chi connectivity index (χ2v) is 13.1. The molecule has 0 aliphatic carbocycles. The van der Waals surface area contributed by atoms with Gasteiger partial charge in [-0.25, -0.2) is 4.98 Å². The van der Waals surface area contributed by atoms with E-state index in [1.807, 2.05) is 35.7 Å². The first-order valence-corrected chi connectivity index (χ1v) is 16.4. The largest absolute Gasteiger partial charge is 0.309 e. The zero-order valence-corrected chi connectivity index (χ0v) is 25.9. The Balaban J connectivity index is 1.16. The fourth-order valence-electron chi connectivity index (χ4n) is 7.29. The monoisotopic (exact) mass is 616 g/mol. The summed E-state index contributed by atoms with van der Waals surface area (Å²) in [5.74, 6) is 0. The topological polar surface area (TPSA) is 46.5 Å². The normalized spacial score (nSPS) is 11.8. The molecule has 10 rings (SSSR count). The third-order valence-corrected chi connectivity index (χ3v) is 10.5. The van der Waals surface area contributed by atoms with Crippen LogP contribution in [-0.4, -0.2) is 14.1 Å². The first-order chi connectivity index (χ1) is 23.2. The van der Waals surface area contributed by atoms with Crippen LogP contribution in [-0.2, 0) is 0 Å². The van der Waals surface area contributed by atoms with E-state index in [2.05, 4.69) is 137 Å². The molecule has 218 valence electrons. The molecule has 0 bridgehead atoms. The van der Waals surface area contributed by atoms with Gasteiger partial charge < -0.3 is 4.57 Å². The summed E-state index contributed by atoms with van der Waals surface area (Å²) in [5, 5.41) is 16.8. The van der Waals surface area contributed by atoms with Gasteiger partial charge in [0.2, 0.25) is 0 Å². The lowest BCUT2D eigenvalue weighted by atomic mass is 10.0. The van der Waals surface area contributed by atoms with Gasteiger partial charge in [-0.15, -0.1) is 11.3 Å². The molecule has 6 aromatic carbocycles. The fourth-order valence-corrected chi connectivity index (χ4v) is 8.41. The number of benzene rings is 6. The molecule has 0 aliphatic heterocycles. The Kier molecular flexibility index (Phi) is 5.48. The molecule has 0 spiro atoms. The summed E-state index contributed by atoms with van der Waals surface area (Å²) in [5.41, 5.74) is 9.40.